The first kappa shape index (κ1) is 12.6. The molecule has 3 N–H and O–H groups in total. The summed E-state index contributed by atoms with van der Waals surface area (Å²) in [7, 11) is 0. The van der Waals surface area contributed by atoms with Crippen LogP contribution in [0.15, 0.2) is 42.9 Å². The number of rotatable bonds is 3. The van der Waals surface area contributed by atoms with Crippen molar-refractivity contribution in [3.05, 3.63) is 53.3 Å². The average molecular weight is 284 g/mol. The molecule has 0 spiro atoms. The number of carbonyl (C=O) groups is 1. The normalized spacial score (nSPS) is 10.6. The second kappa shape index (κ2) is 5.26. The third-order valence-electron chi connectivity index (χ3n) is 2.89. The van der Waals surface area contributed by atoms with E-state index in [0.717, 1.165) is 10.3 Å². The maximum atomic E-state index is 12.2. The molecule has 0 aliphatic carbocycles. The van der Waals surface area contributed by atoms with Crippen molar-refractivity contribution in [2.24, 2.45) is 0 Å². The maximum Gasteiger partial charge on any atom is 0.263 e. The Labute approximate surface area is 119 Å². The van der Waals surface area contributed by atoms with Crippen molar-refractivity contribution in [1.82, 2.24) is 15.3 Å². The fourth-order valence-corrected chi connectivity index (χ4v) is 2.88. The van der Waals surface area contributed by atoms with Crippen molar-refractivity contribution < 1.29 is 4.79 Å². The minimum Gasteiger partial charge on any atom is -0.396 e. The highest BCUT2D eigenvalue weighted by molar-refractivity contribution is 7.21. The van der Waals surface area contributed by atoms with Crippen molar-refractivity contribution in [3.63, 3.8) is 0 Å². The van der Waals surface area contributed by atoms with E-state index in [1.165, 1.54) is 11.3 Å². The van der Waals surface area contributed by atoms with E-state index in [9.17, 15) is 4.79 Å². The molecular weight excluding hydrogens is 272 g/mol. The number of aromatic nitrogens is 2. The van der Waals surface area contributed by atoms with Crippen LogP contribution in [0, 0.1) is 0 Å². The molecule has 0 aliphatic heterocycles. The van der Waals surface area contributed by atoms with Gasteiger partial charge in [0, 0.05) is 25.1 Å². The monoisotopic (exact) mass is 284 g/mol. The van der Waals surface area contributed by atoms with Gasteiger partial charge >= 0.3 is 0 Å². The summed E-state index contributed by atoms with van der Waals surface area (Å²) >= 11 is 1.36. The quantitative estimate of drug-likeness (QED) is 0.772. The number of nitrogens with zero attached hydrogens (tertiary/aromatic N) is 2. The number of thiophene rings is 1. The van der Waals surface area contributed by atoms with Crippen molar-refractivity contribution in [2.75, 3.05) is 5.73 Å². The van der Waals surface area contributed by atoms with Crippen LogP contribution in [0.1, 0.15) is 15.2 Å². The Morgan fingerprint density at radius 3 is 2.80 bits per heavy atom. The van der Waals surface area contributed by atoms with Crippen LogP contribution in [0.2, 0.25) is 0 Å². The van der Waals surface area contributed by atoms with E-state index in [2.05, 4.69) is 15.3 Å². The van der Waals surface area contributed by atoms with E-state index in [0.29, 0.717) is 22.6 Å². The first-order valence-corrected chi connectivity index (χ1v) is 6.87. The number of fused-ring (bicyclic) bond motifs is 1. The summed E-state index contributed by atoms with van der Waals surface area (Å²) in [6, 6.07) is 7.45. The number of nitrogen functional groups attached to an aromatic ring is 1. The predicted molar refractivity (Wildman–Crippen MR) is 79.4 cm³/mol. The lowest BCUT2D eigenvalue weighted by molar-refractivity contribution is 0.0956. The lowest BCUT2D eigenvalue weighted by Crippen LogP contribution is -2.22. The van der Waals surface area contributed by atoms with Gasteiger partial charge in [-0.3, -0.25) is 14.8 Å². The van der Waals surface area contributed by atoms with Gasteiger partial charge in [-0.15, -0.1) is 11.3 Å². The number of hydrogen-bond acceptors (Lipinski definition) is 5. The van der Waals surface area contributed by atoms with Crippen LogP contribution in [0.3, 0.4) is 0 Å². The highest BCUT2D eigenvalue weighted by Gasteiger charge is 2.16. The van der Waals surface area contributed by atoms with Crippen molar-refractivity contribution in [2.45, 2.75) is 6.54 Å². The van der Waals surface area contributed by atoms with E-state index in [-0.39, 0.29) is 5.91 Å². The fourth-order valence-electron chi connectivity index (χ4n) is 1.88. The van der Waals surface area contributed by atoms with Gasteiger partial charge in [-0.05, 0) is 29.8 Å². The van der Waals surface area contributed by atoms with Crippen LogP contribution >= 0.6 is 11.3 Å². The van der Waals surface area contributed by atoms with Gasteiger partial charge in [0.05, 0.1) is 10.4 Å². The molecule has 5 nitrogen and oxygen atoms in total. The highest BCUT2D eigenvalue weighted by Crippen LogP contribution is 2.31. The molecule has 0 aliphatic rings. The molecule has 0 saturated heterocycles. The zero-order chi connectivity index (χ0) is 13.9. The predicted octanol–water partition coefficient (Wildman–Crippen LogP) is 2.20. The summed E-state index contributed by atoms with van der Waals surface area (Å²) in [6.07, 6.45) is 5.06. The molecule has 100 valence electrons. The summed E-state index contributed by atoms with van der Waals surface area (Å²) in [4.78, 5) is 20.8. The lowest BCUT2D eigenvalue weighted by atomic mass is 10.2. The molecule has 1 amide bonds. The second-order valence-corrected chi connectivity index (χ2v) is 5.29. The third-order valence-corrected chi connectivity index (χ3v) is 4.05. The number of anilines is 1. The van der Waals surface area contributed by atoms with Crippen molar-refractivity contribution in [1.29, 1.82) is 0 Å². The first-order valence-electron chi connectivity index (χ1n) is 6.06. The molecule has 0 saturated carbocycles. The minimum absolute atomic E-state index is 0.178. The third kappa shape index (κ3) is 2.33. The van der Waals surface area contributed by atoms with Crippen LogP contribution in [-0.2, 0) is 6.54 Å². The van der Waals surface area contributed by atoms with E-state index >= 15 is 0 Å². The largest absolute Gasteiger partial charge is 0.396 e. The molecule has 0 fully saturated rings. The molecule has 0 unspecified atom stereocenters. The van der Waals surface area contributed by atoms with Crippen LogP contribution in [0.4, 0.5) is 5.69 Å². The summed E-state index contributed by atoms with van der Waals surface area (Å²) in [5, 5.41) is 2.85. The molecule has 3 heterocycles. The topological polar surface area (TPSA) is 80.9 Å². The Bertz CT molecular complexity index is 754. The zero-order valence-electron chi connectivity index (χ0n) is 10.5. The van der Waals surface area contributed by atoms with Crippen molar-refractivity contribution >= 4 is 33.1 Å². The van der Waals surface area contributed by atoms with Gasteiger partial charge in [0.1, 0.15) is 10.4 Å². The highest BCUT2D eigenvalue weighted by atomic mass is 32.1. The van der Waals surface area contributed by atoms with Crippen LogP contribution in [0.25, 0.3) is 10.2 Å². The van der Waals surface area contributed by atoms with E-state index < -0.39 is 0 Å². The van der Waals surface area contributed by atoms with Gasteiger partial charge in [0.25, 0.3) is 5.91 Å². The van der Waals surface area contributed by atoms with Crippen LogP contribution < -0.4 is 11.1 Å². The molecule has 0 aromatic carbocycles. The molecule has 0 atom stereocenters. The Kier molecular flexibility index (Phi) is 3.30. The molecular formula is C14H12N4OS. The van der Waals surface area contributed by atoms with Gasteiger partial charge in [-0.1, -0.05) is 0 Å². The molecule has 0 bridgehead atoms. The van der Waals surface area contributed by atoms with Gasteiger partial charge in [0.15, 0.2) is 0 Å². The fraction of sp³-hybridized carbons (Fsp3) is 0.0714. The molecule has 0 radical (unpaired) electrons. The van der Waals surface area contributed by atoms with Gasteiger partial charge in [0.2, 0.25) is 0 Å². The zero-order valence-corrected chi connectivity index (χ0v) is 11.4. The smallest absolute Gasteiger partial charge is 0.263 e. The standard InChI is InChI=1S/C14H12N4OS/c15-11-12-10(2-1-5-17-12)20-13(11)14(19)18-8-9-3-6-16-7-4-9/h1-7H,8,15H2,(H,18,19). The van der Waals surface area contributed by atoms with Gasteiger partial charge in [-0.25, -0.2) is 0 Å². The number of pyridine rings is 2. The summed E-state index contributed by atoms with van der Waals surface area (Å²) in [5.74, 6) is -0.178. The van der Waals surface area contributed by atoms with Crippen LogP contribution in [-0.4, -0.2) is 15.9 Å². The van der Waals surface area contributed by atoms with Gasteiger partial charge < -0.3 is 11.1 Å². The average Bonchev–Trinajstić information content (AvgIpc) is 2.84. The molecule has 6 heteroatoms. The number of hydrogen-bond donors (Lipinski definition) is 2. The summed E-state index contributed by atoms with van der Waals surface area (Å²) < 4.78 is 0.916. The van der Waals surface area contributed by atoms with Crippen molar-refractivity contribution in [3.8, 4) is 0 Å². The molecule has 3 rings (SSSR count). The Balaban J connectivity index is 1.81. The Hall–Kier alpha value is -2.47. The Morgan fingerprint density at radius 2 is 2.05 bits per heavy atom. The Morgan fingerprint density at radius 1 is 1.25 bits per heavy atom. The van der Waals surface area contributed by atoms with E-state index in [4.69, 9.17) is 5.73 Å². The SMILES string of the molecule is Nc1c(C(=O)NCc2ccncc2)sc2cccnc12. The minimum atomic E-state index is -0.178. The van der Waals surface area contributed by atoms with E-state index in [1.807, 2.05) is 24.3 Å². The molecule has 20 heavy (non-hydrogen) atoms. The summed E-state index contributed by atoms with van der Waals surface area (Å²) in [5.41, 5.74) is 8.11. The first-order chi connectivity index (χ1) is 9.75. The maximum absolute atomic E-state index is 12.2. The van der Waals surface area contributed by atoms with Gasteiger partial charge in [-0.2, -0.15) is 0 Å². The second-order valence-electron chi connectivity index (χ2n) is 4.23. The summed E-state index contributed by atoms with van der Waals surface area (Å²) in [6.45, 7) is 0.447. The van der Waals surface area contributed by atoms with E-state index in [1.54, 1.807) is 18.6 Å². The van der Waals surface area contributed by atoms with Crippen LogP contribution in [0.5, 0.6) is 0 Å². The molecule has 3 aromatic rings. The lowest BCUT2D eigenvalue weighted by Gasteiger charge is -2.04. The number of nitrogens with two attached hydrogens (primary N) is 1. The number of amides is 1. The number of nitrogens with one attached hydrogen (secondary N) is 1. The molecule has 3 aromatic heterocycles. The number of carbonyl (C=O) groups excluding carboxylic acids is 1.